The molecule has 0 atom stereocenters. The molecule has 0 N–H and O–H groups in total. The van der Waals surface area contributed by atoms with Crippen LogP contribution >= 0.6 is 0 Å². The van der Waals surface area contributed by atoms with Gasteiger partial charge in [0.2, 0.25) is 0 Å². The van der Waals surface area contributed by atoms with Crippen molar-refractivity contribution in [1.82, 2.24) is 0 Å². The number of fused-ring (bicyclic) bond motifs is 1. The van der Waals surface area contributed by atoms with E-state index in [1.165, 1.54) is 0 Å². The predicted octanol–water partition coefficient (Wildman–Crippen LogP) is 3.42. The van der Waals surface area contributed by atoms with Crippen LogP contribution in [0.1, 0.15) is 5.56 Å². The number of benzene rings is 3. The third-order valence-corrected chi connectivity index (χ3v) is 6.28. The zero-order chi connectivity index (χ0) is 17.2. The molecule has 2 nitrogen and oxygen atoms in total. The summed E-state index contributed by atoms with van der Waals surface area (Å²) in [7, 11) is 0. The number of hydrogen-bond acceptors (Lipinski definition) is 2. The Morgan fingerprint density at radius 3 is 2.24 bits per heavy atom. The Bertz CT molecular complexity index is 1080. The van der Waals surface area contributed by atoms with E-state index >= 15 is 0 Å². The maximum absolute atomic E-state index is 13.2. The van der Waals surface area contributed by atoms with E-state index in [1.807, 2.05) is 73.7 Å². The standard InChI is InChI=1S/C22H16O2Se/c1-15-12-13-18-19(14-15)24-21(16-8-4-2-5-9-16)22(20(18)23)25-17-10-6-3-7-11-17/h2-14H,1H3. The van der Waals surface area contributed by atoms with Crippen LogP contribution in [0.2, 0.25) is 0 Å². The fraction of sp³-hybridized carbons (Fsp3) is 0.0455. The van der Waals surface area contributed by atoms with E-state index < -0.39 is 0 Å². The predicted molar refractivity (Wildman–Crippen MR) is 104 cm³/mol. The molecule has 0 saturated heterocycles. The summed E-state index contributed by atoms with van der Waals surface area (Å²) < 4.78 is 8.15. The van der Waals surface area contributed by atoms with E-state index in [0.717, 1.165) is 20.1 Å². The molecular weight excluding hydrogens is 375 g/mol. The van der Waals surface area contributed by atoms with Gasteiger partial charge in [0.25, 0.3) is 0 Å². The van der Waals surface area contributed by atoms with Crippen molar-refractivity contribution < 1.29 is 4.42 Å². The zero-order valence-corrected chi connectivity index (χ0v) is 15.4. The number of aryl methyl sites for hydroxylation is 1. The van der Waals surface area contributed by atoms with Gasteiger partial charge in [0, 0.05) is 0 Å². The second-order valence-corrected chi connectivity index (χ2v) is 8.14. The maximum atomic E-state index is 13.2. The fourth-order valence-corrected chi connectivity index (χ4v) is 4.83. The summed E-state index contributed by atoms with van der Waals surface area (Å²) in [4.78, 5) is 13.2. The second-order valence-electron chi connectivity index (χ2n) is 5.87. The summed E-state index contributed by atoms with van der Waals surface area (Å²) in [5.74, 6) is 0.688. The molecule has 4 aromatic rings. The summed E-state index contributed by atoms with van der Waals surface area (Å²) in [5, 5.41) is 0.651. The van der Waals surface area contributed by atoms with Crippen LogP contribution in [0.4, 0.5) is 0 Å². The third-order valence-electron chi connectivity index (χ3n) is 4.01. The van der Waals surface area contributed by atoms with Crippen LogP contribution in [-0.4, -0.2) is 15.0 Å². The quantitative estimate of drug-likeness (QED) is 0.501. The molecule has 0 saturated carbocycles. The molecule has 0 spiro atoms. The zero-order valence-electron chi connectivity index (χ0n) is 13.7. The van der Waals surface area contributed by atoms with Crippen molar-refractivity contribution in [1.29, 1.82) is 0 Å². The van der Waals surface area contributed by atoms with Crippen molar-refractivity contribution in [2.75, 3.05) is 0 Å². The first-order valence-corrected chi connectivity index (χ1v) is 9.79. The van der Waals surface area contributed by atoms with Gasteiger partial charge >= 0.3 is 152 Å². The van der Waals surface area contributed by atoms with E-state index in [9.17, 15) is 4.79 Å². The molecule has 122 valence electrons. The van der Waals surface area contributed by atoms with Crippen molar-refractivity contribution in [3.05, 3.63) is 94.6 Å². The van der Waals surface area contributed by atoms with Gasteiger partial charge in [-0.1, -0.05) is 0 Å². The first kappa shape index (κ1) is 15.9. The SMILES string of the molecule is Cc1ccc2c(=O)c([Se]c3ccccc3)c(-c3ccccc3)oc2c1. The first-order chi connectivity index (χ1) is 12.2. The van der Waals surface area contributed by atoms with Gasteiger partial charge in [-0.2, -0.15) is 0 Å². The van der Waals surface area contributed by atoms with Gasteiger partial charge in [-0.25, -0.2) is 0 Å². The fourth-order valence-electron chi connectivity index (χ4n) is 2.76. The molecule has 0 aliphatic carbocycles. The van der Waals surface area contributed by atoms with Gasteiger partial charge in [0.15, 0.2) is 0 Å². The van der Waals surface area contributed by atoms with Crippen molar-refractivity contribution >= 4 is 34.8 Å². The van der Waals surface area contributed by atoms with Gasteiger partial charge < -0.3 is 0 Å². The van der Waals surface area contributed by atoms with E-state index in [0.29, 0.717) is 16.7 Å². The molecule has 1 aromatic heterocycles. The summed E-state index contributed by atoms with van der Waals surface area (Å²) in [6.07, 6.45) is 0. The molecule has 3 heteroatoms. The van der Waals surface area contributed by atoms with Crippen LogP contribution < -0.4 is 14.4 Å². The van der Waals surface area contributed by atoms with E-state index in [2.05, 4.69) is 12.1 Å². The summed E-state index contributed by atoms with van der Waals surface area (Å²) in [6.45, 7) is 2.00. The Labute approximate surface area is 152 Å². The molecule has 4 rings (SSSR count). The normalized spacial score (nSPS) is 10.9. The summed E-state index contributed by atoms with van der Waals surface area (Å²) in [5.41, 5.74) is 2.74. The van der Waals surface area contributed by atoms with Crippen LogP contribution in [0, 0.1) is 6.92 Å². The van der Waals surface area contributed by atoms with Crippen LogP contribution in [-0.2, 0) is 0 Å². The third kappa shape index (κ3) is 3.17. The Morgan fingerprint density at radius 2 is 1.52 bits per heavy atom. The summed E-state index contributed by atoms with van der Waals surface area (Å²) in [6, 6.07) is 25.8. The van der Waals surface area contributed by atoms with E-state index in [-0.39, 0.29) is 20.4 Å². The van der Waals surface area contributed by atoms with Gasteiger partial charge in [0.05, 0.1) is 0 Å². The van der Waals surface area contributed by atoms with Crippen LogP contribution in [0.5, 0.6) is 0 Å². The topological polar surface area (TPSA) is 30.2 Å². The van der Waals surface area contributed by atoms with E-state index in [1.54, 1.807) is 0 Å². The van der Waals surface area contributed by atoms with Gasteiger partial charge in [0.1, 0.15) is 0 Å². The Morgan fingerprint density at radius 1 is 0.840 bits per heavy atom. The molecule has 0 unspecified atom stereocenters. The first-order valence-electron chi connectivity index (χ1n) is 8.08. The molecule has 0 aliphatic heterocycles. The molecule has 0 aliphatic rings. The Kier molecular flexibility index (Phi) is 4.27. The summed E-state index contributed by atoms with van der Waals surface area (Å²) >= 11 is -0.119. The monoisotopic (exact) mass is 392 g/mol. The minimum atomic E-state index is -0.119. The molecule has 0 fully saturated rings. The number of rotatable bonds is 3. The van der Waals surface area contributed by atoms with Crippen LogP contribution in [0.15, 0.2) is 88.1 Å². The van der Waals surface area contributed by atoms with Gasteiger partial charge in [-0.3, -0.25) is 0 Å². The second kappa shape index (κ2) is 6.72. The van der Waals surface area contributed by atoms with E-state index in [4.69, 9.17) is 4.42 Å². The molecule has 3 aromatic carbocycles. The van der Waals surface area contributed by atoms with Crippen molar-refractivity contribution in [3.8, 4) is 11.3 Å². The molecule has 25 heavy (non-hydrogen) atoms. The van der Waals surface area contributed by atoms with Crippen molar-refractivity contribution in [3.63, 3.8) is 0 Å². The molecule has 1 heterocycles. The average molecular weight is 391 g/mol. The Balaban J connectivity index is 1.99. The molecular formula is C22H16O2Se. The molecule has 0 amide bonds. The van der Waals surface area contributed by atoms with Crippen LogP contribution in [0.25, 0.3) is 22.3 Å². The average Bonchev–Trinajstić information content (AvgIpc) is 2.65. The minimum absolute atomic E-state index is 0.0731. The molecule has 0 bridgehead atoms. The van der Waals surface area contributed by atoms with Gasteiger partial charge in [-0.15, -0.1) is 0 Å². The van der Waals surface area contributed by atoms with Gasteiger partial charge in [-0.05, 0) is 0 Å². The van der Waals surface area contributed by atoms with Crippen LogP contribution in [0.3, 0.4) is 0 Å². The van der Waals surface area contributed by atoms with Crippen molar-refractivity contribution in [2.24, 2.45) is 0 Å². The molecule has 0 radical (unpaired) electrons. The van der Waals surface area contributed by atoms with Crippen molar-refractivity contribution in [2.45, 2.75) is 6.92 Å². The Hall–Kier alpha value is -2.61. The number of hydrogen-bond donors (Lipinski definition) is 0.